The van der Waals surface area contributed by atoms with E-state index in [-0.39, 0.29) is 23.0 Å². The van der Waals surface area contributed by atoms with Crippen LogP contribution in [0.5, 0.6) is 17.2 Å². The van der Waals surface area contributed by atoms with Gasteiger partial charge in [-0.25, -0.2) is 0 Å². The van der Waals surface area contributed by atoms with Crippen molar-refractivity contribution in [2.45, 2.75) is 19.0 Å². The van der Waals surface area contributed by atoms with Gasteiger partial charge in [0.2, 0.25) is 0 Å². The van der Waals surface area contributed by atoms with Crippen molar-refractivity contribution in [3.63, 3.8) is 0 Å². The van der Waals surface area contributed by atoms with Gasteiger partial charge in [-0.3, -0.25) is 9.79 Å². The highest BCUT2D eigenvalue weighted by Crippen LogP contribution is 2.41. The number of halogens is 3. The minimum absolute atomic E-state index is 0.0579. The van der Waals surface area contributed by atoms with Crippen LogP contribution in [0, 0.1) is 11.3 Å². The second kappa shape index (κ2) is 11.1. The predicted molar refractivity (Wildman–Crippen MR) is 131 cm³/mol. The quantitative estimate of drug-likeness (QED) is 0.520. The molecule has 4 rings (SSSR count). The summed E-state index contributed by atoms with van der Waals surface area (Å²) < 4.78 is 51.3. The second-order valence-electron chi connectivity index (χ2n) is 8.13. The normalized spacial score (nSPS) is 18.5. The highest BCUT2D eigenvalue weighted by molar-refractivity contribution is 8.18. The molecule has 0 bridgehead atoms. The van der Waals surface area contributed by atoms with Crippen molar-refractivity contribution in [3.8, 4) is 23.3 Å². The molecular formula is C25H23F3N4O3S. The number of likely N-dealkylation sites (tertiary alicyclic amines) is 1. The predicted octanol–water partition coefficient (Wildman–Crippen LogP) is 5.03. The van der Waals surface area contributed by atoms with Crippen molar-refractivity contribution in [2.75, 3.05) is 33.3 Å². The maximum absolute atomic E-state index is 13.5. The molecule has 2 aliphatic heterocycles. The van der Waals surface area contributed by atoms with E-state index in [1.807, 2.05) is 0 Å². The highest BCUT2D eigenvalue weighted by atomic mass is 32.2. The third-order valence-corrected chi connectivity index (χ3v) is 6.59. The highest BCUT2D eigenvalue weighted by Gasteiger charge is 2.35. The van der Waals surface area contributed by atoms with Crippen molar-refractivity contribution in [1.82, 2.24) is 10.2 Å². The summed E-state index contributed by atoms with van der Waals surface area (Å²) in [5.74, 6) is -0.481. The van der Waals surface area contributed by atoms with Crippen LogP contribution >= 0.6 is 11.8 Å². The lowest BCUT2D eigenvalue weighted by atomic mass is 10.1. The molecule has 188 valence electrons. The Labute approximate surface area is 210 Å². The Morgan fingerprint density at radius 1 is 1.17 bits per heavy atom. The number of nitrogens with zero attached hydrogens (tertiary/aromatic N) is 3. The van der Waals surface area contributed by atoms with E-state index in [4.69, 9.17) is 14.7 Å². The van der Waals surface area contributed by atoms with Crippen molar-refractivity contribution >= 4 is 28.9 Å². The molecule has 0 aromatic heterocycles. The monoisotopic (exact) mass is 516 g/mol. The average molecular weight is 517 g/mol. The molecule has 1 amide bonds. The van der Waals surface area contributed by atoms with Crippen molar-refractivity contribution in [2.24, 2.45) is 4.99 Å². The Bertz CT molecular complexity index is 1250. The van der Waals surface area contributed by atoms with Crippen molar-refractivity contribution < 1.29 is 27.4 Å². The molecule has 0 radical (unpaired) electrons. The first-order valence-electron chi connectivity index (χ1n) is 11.2. The zero-order valence-corrected chi connectivity index (χ0v) is 20.2. The number of nitrogens with one attached hydrogen (secondary N) is 1. The first-order valence-corrected chi connectivity index (χ1v) is 12.0. The van der Waals surface area contributed by atoms with Gasteiger partial charge in [-0.15, -0.1) is 0 Å². The number of thioether (sulfide) groups is 1. The fourth-order valence-electron chi connectivity index (χ4n) is 3.84. The Kier molecular flexibility index (Phi) is 7.86. The van der Waals surface area contributed by atoms with Gasteiger partial charge in [-0.2, -0.15) is 18.4 Å². The van der Waals surface area contributed by atoms with E-state index < -0.39 is 17.5 Å². The van der Waals surface area contributed by atoms with Crippen molar-refractivity contribution in [1.29, 1.82) is 5.26 Å². The molecular weight excluding hydrogens is 493 g/mol. The van der Waals surface area contributed by atoms with Crippen LogP contribution in [0.25, 0.3) is 6.08 Å². The molecule has 11 heteroatoms. The molecule has 2 aliphatic rings. The molecule has 0 aliphatic carbocycles. The average Bonchev–Trinajstić information content (AvgIpc) is 3.49. The number of amidine groups is 1. The van der Waals surface area contributed by atoms with Crippen LogP contribution in [0.15, 0.2) is 46.3 Å². The van der Waals surface area contributed by atoms with Crippen LogP contribution < -0.4 is 14.8 Å². The van der Waals surface area contributed by atoms with Crippen LogP contribution in [-0.4, -0.2) is 49.3 Å². The molecule has 0 unspecified atom stereocenters. The zero-order chi connectivity index (χ0) is 25.7. The number of hydrogen-bond acceptors (Lipinski definition) is 7. The van der Waals surface area contributed by atoms with E-state index in [2.05, 4.69) is 15.2 Å². The molecule has 2 heterocycles. The number of benzene rings is 2. The van der Waals surface area contributed by atoms with E-state index in [0.29, 0.717) is 22.2 Å². The van der Waals surface area contributed by atoms with Gasteiger partial charge in [0, 0.05) is 6.54 Å². The van der Waals surface area contributed by atoms with Gasteiger partial charge in [-0.05, 0) is 79.7 Å². The Morgan fingerprint density at radius 2 is 1.92 bits per heavy atom. The van der Waals surface area contributed by atoms with Gasteiger partial charge in [0.05, 0.1) is 35.8 Å². The molecule has 2 saturated heterocycles. The fourth-order valence-corrected chi connectivity index (χ4v) is 4.69. The van der Waals surface area contributed by atoms with E-state index in [1.165, 1.54) is 43.8 Å². The zero-order valence-electron chi connectivity index (χ0n) is 19.4. The van der Waals surface area contributed by atoms with Crippen LogP contribution in [0.3, 0.4) is 0 Å². The number of amides is 1. The third-order valence-electron chi connectivity index (χ3n) is 5.64. The topological polar surface area (TPSA) is 86.9 Å². The van der Waals surface area contributed by atoms with Gasteiger partial charge in [0.1, 0.15) is 5.75 Å². The Morgan fingerprint density at radius 3 is 2.61 bits per heavy atom. The first-order chi connectivity index (χ1) is 17.3. The summed E-state index contributed by atoms with van der Waals surface area (Å²) in [4.78, 5) is 19.6. The lowest BCUT2D eigenvalue weighted by Crippen LogP contribution is -2.24. The Hall–Kier alpha value is -3.49. The SMILES string of the molecule is COc1cc(C=C2SC(=NCCN3CCCC3)NC2=O)ccc1Oc1ccc(C#N)cc1C(F)(F)F. The van der Waals surface area contributed by atoms with Crippen LogP contribution in [0.1, 0.15) is 29.5 Å². The van der Waals surface area contributed by atoms with Gasteiger partial charge in [0.15, 0.2) is 16.7 Å². The van der Waals surface area contributed by atoms with E-state index in [9.17, 15) is 18.0 Å². The number of rotatable bonds is 7. The van der Waals surface area contributed by atoms with E-state index in [0.717, 1.165) is 31.8 Å². The molecule has 0 spiro atoms. The van der Waals surface area contributed by atoms with Crippen LogP contribution in [0.4, 0.5) is 13.2 Å². The fraction of sp³-hybridized carbons (Fsp3) is 0.320. The smallest absolute Gasteiger partial charge is 0.420 e. The van der Waals surface area contributed by atoms with Crippen LogP contribution in [0.2, 0.25) is 0 Å². The molecule has 2 aromatic rings. The first kappa shape index (κ1) is 25.6. The standard InChI is InChI=1S/C25H23F3N4O3S/c1-34-21-13-16(14-22-23(33)31-24(36-22)30-8-11-32-9-2-3-10-32)4-7-20(21)35-19-6-5-17(15-29)12-18(19)25(26,27)28/h4-7,12-14H,2-3,8-11H2,1H3,(H,30,31,33). The van der Waals surface area contributed by atoms with Crippen LogP contribution in [-0.2, 0) is 11.0 Å². The summed E-state index contributed by atoms with van der Waals surface area (Å²) in [6.07, 6.45) is -0.642. The molecule has 2 aromatic carbocycles. The van der Waals surface area contributed by atoms with E-state index >= 15 is 0 Å². The minimum Gasteiger partial charge on any atom is -0.493 e. The molecule has 0 atom stereocenters. The molecule has 7 nitrogen and oxygen atoms in total. The Balaban J connectivity index is 1.49. The summed E-state index contributed by atoms with van der Waals surface area (Å²) in [7, 11) is 1.37. The lowest BCUT2D eigenvalue weighted by Gasteiger charge is -2.16. The third kappa shape index (κ3) is 6.19. The maximum Gasteiger partial charge on any atom is 0.420 e. The molecule has 0 saturated carbocycles. The van der Waals surface area contributed by atoms with E-state index in [1.54, 1.807) is 24.3 Å². The minimum atomic E-state index is -4.71. The molecule has 36 heavy (non-hydrogen) atoms. The number of methoxy groups -OCH3 is 1. The number of carbonyl (C=O) groups excluding carboxylic acids is 1. The largest absolute Gasteiger partial charge is 0.493 e. The van der Waals surface area contributed by atoms with Gasteiger partial charge in [0.25, 0.3) is 5.91 Å². The summed E-state index contributed by atoms with van der Waals surface area (Å²) >= 11 is 1.23. The van der Waals surface area contributed by atoms with Crippen molar-refractivity contribution in [3.05, 3.63) is 58.0 Å². The number of alkyl halides is 3. The number of aliphatic imine (C=N–C) groups is 1. The van der Waals surface area contributed by atoms with Gasteiger partial charge < -0.3 is 19.7 Å². The summed E-state index contributed by atoms with van der Waals surface area (Å²) in [5.41, 5.74) is -0.591. The molecule has 2 fully saturated rings. The second-order valence-corrected chi connectivity index (χ2v) is 9.16. The summed E-state index contributed by atoms with van der Waals surface area (Å²) in [6.45, 7) is 3.62. The maximum atomic E-state index is 13.5. The summed E-state index contributed by atoms with van der Waals surface area (Å²) in [5, 5.41) is 12.2. The number of carbonyl (C=O) groups is 1. The van der Waals surface area contributed by atoms with Gasteiger partial charge >= 0.3 is 6.18 Å². The lowest BCUT2D eigenvalue weighted by molar-refractivity contribution is -0.138. The number of hydrogen-bond donors (Lipinski definition) is 1. The van der Waals surface area contributed by atoms with Gasteiger partial charge in [-0.1, -0.05) is 6.07 Å². The number of ether oxygens (including phenoxy) is 2. The molecule has 1 N–H and O–H groups in total. The summed E-state index contributed by atoms with van der Waals surface area (Å²) in [6, 6.07) is 9.41. The number of nitriles is 1.